The first-order valence-corrected chi connectivity index (χ1v) is 12.2. The number of aromatic nitrogens is 1. The number of rotatable bonds is 7. The number of carbonyl (C=O) groups is 4. The lowest BCUT2D eigenvalue weighted by atomic mass is 10.0. The predicted molar refractivity (Wildman–Crippen MR) is 141 cm³/mol. The van der Waals surface area contributed by atoms with Gasteiger partial charge in [0, 0.05) is 29.6 Å². The standard InChI is InChI=1S/C27H18ClF5N4O5/c28-16-6-2-4-8-20(16)36-26(41)37-21-11-18(30)17(29)10-15(21)23(38)35-22(24(39)42-25(40)27(31,32)33)9-13-12-34-19-7-3-1-5-14(13)19/h1-8,10-12,22,34H,9H2,(H,35,38)(H2,36,37,41)/t22-/m0/s1. The molecular weight excluding hydrogens is 591 g/mol. The van der Waals surface area contributed by atoms with Crippen molar-refractivity contribution in [1.82, 2.24) is 10.3 Å². The van der Waals surface area contributed by atoms with Gasteiger partial charge in [-0.25, -0.2) is 23.2 Å². The molecule has 0 aliphatic rings. The first-order chi connectivity index (χ1) is 19.8. The van der Waals surface area contributed by atoms with Crippen LogP contribution in [0.4, 0.5) is 38.1 Å². The minimum Gasteiger partial charge on any atom is -0.385 e. The van der Waals surface area contributed by atoms with Gasteiger partial charge in [-0.2, -0.15) is 13.2 Å². The first-order valence-electron chi connectivity index (χ1n) is 11.8. The van der Waals surface area contributed by atoms with Crippen molar-refractivity contribution in [3.05, 3.63) is 94.6 Å². The van der Waals surface area contributed by atoms with E-state index < -0.39 is 65.4 Å². The molecule has 4 aromatic rings. The molecule has 0 spiro atoms. The van der Waals surface area contributed by atoms with Crippen LogP contribution in [0.15, 0.2) is 66.9 Å². The number of urea groups is 1. The van der Waals surface area contributed by atoms with Gasteiger partial charge in [-0.05, 0) is 29.8 Å². The van der Waals surface area contributed by atoms with Gasteiger partial charge in [-0.15, -0.1) is 0 Å². The number of hydrogen-bond acceptors (Lipinski definition) is 5. The minimum absolute atomic E-state index is 0.140. The normalized spacial score (nSPS) is 12.0. The summed E-state index contributed by atoms with van der Waals surface area (Å²) in [4.78, 5) is 52.6. The Morgan fingerprint density at radius 2 is 1.55 bits per heavy atom. The largest absolute Gasteiger partial charge is 0.491 e. The van der Waals surface area contributed by atoms with Gasteiger partial charge < -0.3 is 25.7 Å². The topological polar surface area (TPSA) is 129 Å². The first kappa shape index (κ1) is 30.0. The monoisotopic (exact) mass is 608 g/mol. The number of esters is 2. The second kappa shape index (κ2) is 12.3. The molecule has 0 aliphatic heterocycles. The second-order valence-corrected chi connectivity index (χ2v) is 9.07. The summed E-state index contributed by atoms with van der Waals surface area (Å²) in [5, 5.41) is 7.27. The van der Waals surface area contributed by atoms with E-state index in [9.17, 15) is 41.1 Å². The molecule has 15 heteroatoms. The van der Waals surface area contributed by atoms with Crippen LogP contribution < -0.4 is 16.0 Å². The number of nitrogens with one attached hydrogen (secondary N) is 4. The molecular formula is C27H18ClF5N4O5. The van der Waals surface area contributed by atoms with E-state index in [0.717, 1.165) is 0 Å². The van der Waals surface area contributed by atoms with Gasteiger partial charge in [0.15, 0.2) is 11.6 Å². The van der Waals surface area contributed by atoms with E-state index in [1.807, 2.05) is 0 Å². The van der Waals surface area contributed by atoms with Crippen LogP contribution in [0, 0.1) is 11.6 Å². The molecule has 1 heterocycles. The Morgan fingerprint density at radius 1 is 0.905 bits per heavy atom. The van der Waals surface area contributed by atoms with Crippen molar-refractivity contribution in [2.75, 3.05) is 10.6 Å². The van der Waals surface area contributed by atoms with E-state index in [2.05, 4.69) is 25.7 Å². The number of benzene rings is 3. The van der Waals surface area contributed by atoms with Crippen LogP contribution in [-0.2, 0) is 20.7 Å². The lowest BCUT2D eigenvalue weighted by Crippen LogP contribution is -2.45. The molecule has 0 saturated carbocycles. The van der Waals surface area contributed by atoms with E-state index in [1.165, 1.54) is 18.3 Å². The molecule has 9 nitrogen and oxygen atoms in total. The summed E-state index contributed by atoms with van der Waals surface area (Å²) < 4.78 is 70.5. The zero-order chi connectivity index (χ0) is 30.6. The molecule has 0 fully saturated rings. The maximum absolute atomic E-state index is 14.2. The van der Waals surface area contributed by atoms with E-state index in [1.54, 1.807) is 36.4 Å². The maximum Gasteiger partial charge on any atom is 0.491 e. The van der Waals surface area contributed by atoms with Crippen molar-refractivity contribution in [2.45, 2.75) is 18.6 Å². The summed E-state index contributed by atoms with van der Waals surface area (Å²) >= 11 is 5.99. The molecule has 0 bridgehead atoms. The highest BCUT2D eigenvalue weighted by Crippen LogP contribution is 2.25. The molecule has 4 rings (SSSR count). The van der Waals surface area contributed by atoms with Crippen molar-refractivity contribution < 1.29 is 45.9 Å². The molecule has 0 saturated heterocycles. The average Bonchev–Trinajstić information content (AvgIpc) is 3.33. The number of H-pyrrole nitrogens is 1. The molecule has 1 aromatic heterocycles. The van der Waals surface area contributed by atoms with E-state index in [0.29, 0.717) is 28.6 Å². The van der Waals surface area contributed by atoms with Crippen LogP contribution in [0.2, 0.25) is 5.02 Å². The summed E-state index contributed by atoms with van der Waals surface area (Å²) in [6.07, 6.45) is -4.57. The molecule has 3 amide bonds. The van der Waals surface area contributed by atoms with Gasteiger partial charge in [0.05, 0.1) is 22.0 Å². The van der Waals surface area contributed by atoms with Gasteiger partial charge in [0.1, 0.15) is 6.04 Å². The lowest BCUT2D eigenvalue weighted by molar-refractivity contribution is -0.202. The molecule has 42 heavy (non-hydrogen) atoms. The molecule has 1 atom stereocenters. The molecule has 0 radical (unpaired) electrons. The van der Waals surface area contributed by atoms with Crippen LogP contribution >= 0.6 is 11.6 Å². The van der Waals surface area contributed by atoms with Crippen LogP contribution in [0.5, 0.6) is 0 Å². The highest BCUT2D eigenvalue weighted by molar-refractivity contribution is 6.33. The van der Waals surface area contributed by atoms with Gasteiger partial charge in [-0.1, -0.05) is 41.9 Å². The fourth-order valence-corrected chi connectivity index (χ4v) is 4.03. The average molecular weight is 609 g/mol. The van der Waals surface area contributed by atoms with Crippen molar-refractivity contribution in [1.29, 1.82) is 0 Å². The van der Waals surface area contributed by atoms with Crippen LogP contribution in [-0.4, -0.2) is 41.1 Å². The van der Waals surface area contributed by atoms with Crippen molar-refractivity contribution in [3.8, 4) is 0 Å². The molecule has 4 N–H and O–H groups in total. The number of hydrogen-bond donors (Lipinski definition) is 4. The molecule has 218 valence electrons. The third kappa shape index (κ3) is 7.01. The Bertz CT molecular complexity index is 1690. The number of anilines is 2. The Hall–Kier alpha value is -4.98. The Balaban J connectivity index is 1.62. The smallest absolute Gasteiger partial charge is 0.385 e. The minimum atomic E-state index is -5.52. The number of fused-ring (bicyclic) bond motifs is 1. The van der Waals surface area contributed by atoms with Gasteiger partial charge in [0.25, 0.3) is 5.91 Å². The number of halogens is 6. The molecule has 0 aliphatic carbocycles. The van der Waals surface area contributed by atoms with E-state index >= 15 is 0 Å². The van der Waals surface area contributed by atoms with Crippen LogP contribution in [0.1, 0.15) is 15.9 Å². The Labute approximate surface area is 238 Å². The quantitative estimate of drug-likeness (QED) is 0.121. The number of carbonyl (C=O) groups excluding carboxylic acids is 4. The van der Waals surface area contributed by atoms with Gasteiger partial charge >= 0.3 is 24.1 Å². The van der Waals surface area contributed by atoms with Crippen LogP contribution in [0.3, 0.4) is 0 Å². The Kier molecular flexibility index (Phi) is 8.76. The van der Waals surface area contributed by atoms with Crippen molar-refractivity contribution in [3.63, 3.8) is 0 Å². The van der Waals surface area contributed by atoms with Crippen LogP contribution in [0.25, 0.3) is 10.9 Å². The fraction of sp³-hybridized carbons (Fsp3) is 0.111. The molecule has 3 aromatic carbocycles. The summed E-state index contributed by atoms with van der Waals surface area (Å²) in [5.41, 5.74) is -0.200. The highest BCUT2D eigenvalue weighted by atomic mass is 35.5. The maximum atomic E-state index is 14.2. The summed E-state index contributed by atoms with van der Waals surface area (Å²) in [7, 11) is 0. The van der Waals surface area contributed by atoms with Crippen molar-refractivity contribution >= 4 is 57.8 Å². The second-order valence-electron chi connectivity index (χ2n) is 8.67. The number of ether oxygens (including phenoxy) is 1. The molecule has 0 unspecified atom stereocenters. The zero-order valence-corrected chi connectivity index (χ0v) is 21.7. The van der Waals surface area contributed by atoms with E-state index in [-0.39, 0.29) is 10.7 Å². The van der Waals surface area contributed by atoms with E-state index in [4.69, 9.17) is 11.6 Å². The SMILES string of the molecule is O=C(Nc1ccccc1Cl)Nc1cc(F)c(F)cc1C(=O)N[C@@H](Cc1c[nH]c2ccccc12)C(=O)OC(=O)C(F)(F)F. The highest BCUT2D eigenvalue weighted by Gasteiger charge is 2.43. The fourth-order valence-electron chi connectivity index (χ4n) is 3.85. The summed E-state index contributed by atoms with van der Waals surface area (Å²) in [6.45, 7) is 0. The Morgan fingerprint density at radius 3 is 2.26 bits per heavy atom. The zero-order valence-electron chi connectivity index (χ0n) is 20.9. The van der Waals surface area contributed by atoms with Gasteiger partial charge in [-0.3, -0.25) is 4.79 Å². The third-order valence-corrected chi connectivity index (χ3v) is 6.12. The third-order valence-electron chi connectivity index (χ3n) is 5.79. The van der Waals surface area contributed by atoms with Gasteiger partial charge in [0.2, 0.25) is 0 Å². The number of aromatic amines is 1. The number of amides is 3. The number of alkyl halides is 3. The summed E-state index contributed by atoms with van der Waals surface area (Å²) in [6, 6.07) is 10.6. The van der Waals surface area contributed by atoms with Crippen molar-refractivity contribution in [2.24, 2.45) is 0 Å². The lowest BCUT2D eigenvalue weighted by Gasteiger charge is -2.19. The number of para-hydroxylation sites is 2. The summed E-state index contributed by atoms with van der Waals surface area (Å²) in [5.74, 6) is -8.88. The predicted octanol–water partition coefficient (Wildman–Crippen LogP) is 5.72.